The number of alkyl halides is 3. The minimum atomic E-state index is -4.45. The fourth-order valence-corrected chi connectivity index (χ4v) is 7.37. The van der Waals surface area contributed by atoms with Gasteiger partial charge in [-0.2, -0.15) is 21.8 Å². The van der Waals surface area contributed by atoms with E-state index in [0.717, 1.165) is 37.8 Å². The van der Waals surface area contributed by atoms with E-state index in [1.807, 2.05) is 0 Å². The topological polar surface area (TPSA) is 78.0 Å². The van der Waals surface area contributed by atoms with Crippen LogP contribution in [0.3, 0.4) is 0 Å². The van der Waals surface area contributed by atoms with E-state index < -0.39 is 31.8 Å². The molecule has 2 fully saturated rings. The lowest BCUT2D eigenvalue weighted by atomic mass is 10.1. The molecule has 0 amide bonds. The third-order valence-corrected chi connectivity index (χ3v) is 10.3. The summed E-state index contributed by atoms with van der Waals surface area (Å²) in [5, 5.41) is 0. The van der Waals surface area contributed by atoms with Crippen molar-refractivity contribution >= 4 is 25.7 Å². The number of anilines is 1. The summed E-state index contributed by atoms with van der Waals surface area (Å²) in [6.07, 6.45) is -0.862. The van der Waals surface area contributed by atoms with E-state index in [0.29, 0.717) is 18.8 Å². The second kappa shape index (κ2) is 10.1. The van der Waals surface area contributed by atoms with E-state index in [2.05, 4.69) is 0 Å². The van der Waals surface area contributed by atoms with Crippen molar-refractivity contribution in [1.29, 1.82) is 0 Å². The van der Waals surface area contributed by atoms with E-state index in [1.54, 1.807) is 11.0 Å². The molecule has 0 saturated carbocycles. The van der Waals surface area contributed by atoms with Crippen molar-refractivity contribution in [3.05, 3.63) is 54.1 Å². The second-order valence-corrected chi connectivity index (χ2v) is 12.6. The van der Waals surface area contributed by atoms with Gasteiger partial charge in [-0.1, -0.05) is 18.9 Å². The Kier molecular flexibility index (Phi) is 7.46. The number of hydrogen-bond donors (Lipinski definition) is 0. The highest BCUT2D eigenvalue weighted by atomic mass is 32.2. The Hall–Kier alpha value is -2.15. The molecule has 2 aliphatic heterocycles. The highest BCUT2D eigenvalue weighted by Crippen LogP contribution is 2.32. The van der Waals surface area contributed by atoms with Gasteiger partial charge in [-0.05, 0) is 55.3 Å². The largest absolute Gasteiger partial charge is 0.416 e. The maximum absolute atomic E-state index is 13.1. The van der Waals surface area contributed by atoms with Crippen LogP contribution < -0.4 is 4.90 Å². The summed E-state index contributed by atoms with van der Waals surface area (Å²) in [6, 6.07) is 10.2. The summed E-state index contributed by atoms with van der Waals surface area (Å²) in [6.45, 7) is 1.60. The normalized spacial score (nSPS) is 19.5. The average Bonchev–Trinajstić information content (AvgIpc) is 3.14. The molecule has 2 saturated heterocycles. The van der Waals surface area contributed by atoms with Crippen molar-refractivity contribution in [2.45, 2.75) is 41.7 Å². The first-order valence-corrected chi connectivity index (χ1v) is 14.4. The first-order chi connectivity index (χ1) is 16.5. The molecule has 2 aromatic carbocycles. The first-order valence-electron chi connectivity index (χ1n) is 11.5. The summed E-state index contributed by atoms with van der Waals surface area (Å²) >= 11 is 0. The fourth-order valence-electron chi connectivity index (χ4n) is 4.43. The van der Waals surface area contributed by atoms with Crippen LogP contribution in [-0.4, -0.2) is 64.7 Å². The molecule has 0 spiro atoms. The Balaban J connectivity index is 1.44. The Labute approximate surface area is 204 Å². The number of rotatable bonds is 5. The number of hydrogen-bond acceptors (Lipinski definition) is 5. The van der Waals surface area contributed by atoms with Gasteiger partial charge < -0.3 is 4.90 Å². The van der Waals surface area contributed by atoms with Crippen LogP contribution in [0.15, 0.2) is 58.3 Å². The van der Waals surface area contributed by atoms with Gasteiger partial charge in [0.25, 0.3) is 0 Å². The van der Waals surface area contributed by atoms with Gasteiger partial charge in [0.15, 0.2) is 0 Å². The minimum Gasteiger partial charge on any atom is -0.369 e. The predicted molar refractivity (Wildman–Crippen MR) is 126 cm³/mol. The summed E-state index contributed by atoms with van der Waals surface area (Å²) < 4.78 is 93.9. The van der Waals surface area contributed by atoms with Crippen molar-refractivity contribution in [2.24, 2.45) is 0 Å². The molecular formula is C23H28F3N3O4S2. The molecule has 0 bridgehead atoms. The molecule has 0 aliphatic carbocycles. The zero-order valence-electron chi connectivity index (χ0n) is 19.1. The van der Waals surface area contributed by atoms with E-state index in [-0.39, 0.29) is 36.0 Å². The van der Waals surface area contributed by atoms with Gasteiger partial charge in [0.2, 0.25) is 20.0 Å². The number of nitrogens with zero attached hydrogens (tertiary/aromatic N) is 3. The SMILES string of the molecule is O=S(=O)(c1ccc(S(=O)(=O)N2CCN(c3cccc(C(F)(F)F)c3)CC2)cc1)N1CCCCCC1. The van der Waals surface area contributed by atoms with Crippen LogP contribution in [0.5, 0.6) is 0 Å². The second-order valence-electron chi connectivity index (χ2n) is 8.73. The van der Waals surface area contributed by atoms with Crippen molar-refractivity contribution in [2.75, 3.05) is 44.2 Å². The lowest BCUT2D eigenvalue weighted by Crippen LogP contribution is -2.48. The standard InChI is InChI=1S/C23H28F3N3O4S2/c24-23(25,26)19-6-5-7-20(18-19)27-14-16-29(17-15-27)35(32,33)22-10-8-21(9-11-22)34(30,31)28-12-3-1-2-4-13-28/h5-11,18H,1-4,12-17H2. The summed E-state index contributed by atoms with van der Waals surface area (Å²) in [5.74, 6) is 0. The Morgan fingerprint density at radius 1 is 0.629 bits per heavy atom. The number of piperazine rings is 1. The van der Waals surface area contributed by atoms with Crippen LogP contribution in [0.1, 0.15) is 31.2 Å². The van der Waals surface area contributed by atoms with E-state index >= 15 is 0 Å². The highest BCUT2D eigenvalue weighted by Gasteiger charge is 2.33. The molecule has 0 aromatic heterocycles. The molecule has 0 N–H and O–H groups in total. The zero-order chi connectivity index (χ0) is 25.3. The summed E-state index contributed by atoms with van der Waals surface area (Å²) in [4.78, 5) is 1.77. The van der Waals surface area contributed by atoms with Crippen LogP contribution in [0.25, 0.3) is 0 Å². The molecule has 0 atom stereocenters. The third kappa shape index (κ3) is 5.65. The van der Waals surface area contributed by atoms with Crippen LogP contribution in [-0.2, 0) is 26.2 Å². The van der Waals surface area contributed by atoms with Gasteiger partial charge in [-0.25, -0.2) is 16.8 Å². The van der Waals surface area contributed by atoms with Gasteiger partial charge in [-0.3, -0.25) is 0 Å². The molecule has 0 radical (unpaired) electrons. The third-order valence-electron chi connectivity index (χ3n) is 6.44. The molecule has 192 valence electrons. The van der Waals surface area contributed by atoms with Crippen molar-refractivity contribution in [3.8, 4) is 0 Å². The zero-order valence-corrected chi connectivity index (χ0v) is 20.7. The van der Waals surface area contributed by atoms with E-state index in [9.17, 15) is 30.0 Å². The Morgan fingerprint density at radius 3 is 1.60 bits per heavy atom. The fraction of sp³-hybridized carbons (Fsp3) is 0.478. The first kappa shape index (κ1) is 25.9. The van der Waals surface area contributed by atoms with Crippen molar-refractivity contribution in [1.82, 2.24) is 8.61 Å². The quantitative estimate of drug-likeness (QED) is 0.587. The Bertz CT molecular complexity index is 1230. The van der Waals surface area contributed by atoms with Gasteiger partial charge >= 0.3 is 6.18 Å². The van der Waals surface area contributed by atoms with Crippen LogP contribution >= 0.6 is 0 Å². The van der Waals surface area contributed by atoms with Crippen molar-refractivity contribution in [3.63, 3.8) is 0 Å². The maximum atomic E-state index is 13.1. The number of benzene rings is 2. The molecule has 12 heteroatoms. The van der Waals surface area contributed by atoms with E-state index in [1.165, 1.54) is 38.9 Å². The molecule has 0 unspecified atom stereocenters. The molecule has 2 aromatic rings. The average molecular weight is 532 g/mol. The monoisotopic (exact) mass is 531 g/mol. The van der Waals surface area contributed by atoms with Gasteiger partial charge in [0.1, 0.15) is 0 Å². The highest BCUT2D eigenvalue weighted by molar-refractivity contribution is 7.89. The lowest BCUT2D eigenvalue weighted by Gasteiger charge is -2.35. The molecule has 2 heterocycles. The Morgan fingerprint density at radius 2 is 1.11 bits per heavy atom. The van der Waals surface area contributed by atoms with Crippen LogP contribution in [0.4, 0.5) is 18.9 Å². The molecule has 7 nitrogen and oxygen atoms in total. The lowest BCUT2D eigenvalue weighted by molar-refractivity contribution is -0.137. The molecule has 2 aliphatic rings. The molecule has 35 heavy (non-hydrogen) atoms. The minimum absolute atomic E-state index is 0.0140. The number of sulfonamides is 2. The van der Waals surface area contributed by atoms with Gasteiger partial charge in [0, 0.05) is 45.0 Å². The van der Waals surface area contributed by atoms with Crippen LogP contribution in [0.2, 0.25) is 0 Å². The van der Waals surface area contributed by atoms with Gasteiger partial charge in [0.05, 0.1) is 15.4 Å². The van der Waals surface area contributed by atoms with Crippen molar-refractivity contribution < 1.29 is 30.0 Å². The van der Waals surface area contributed by atoms with Gasteiger partial charge in [-0.15, -0.1) is 0 Å². The molecule has 4 rings (SSSR count). The number of halogens is 3. The summed E-state index contributed by atoms with van der Waals surface area (Å²) in [7, 11) is -7.56. The maximum Gasteiger partial charge on any atom is 0.416 e. The van der Waals surface area contributed by atoms with Crippen LogP contribution in [0, 0.1) is 0 Å². The van der Waals surface area contributed by atoms with E-state index in [4.69, 9.17) is 0 Å². The molecular weight excluding hydrogens is 503 g/mol. The summed E-state index contributed by atoms with van der Waals surface area (Å²) in [5.41, 5.74) is -0.361. The predicted octanol–water partition coefficient (Wildman–Crippen LogP) is 3.78. The smallest absolute Gasteiger partial charge is 0.369 e.